The highest BCUT2D eigenvalue weighted by molar-refractivity contribution is 5.52. The van der Waals surface area contributed by atoms with Crippen molar-refractivity contribution in [1.82, 2.24) is 0 Å². The maximum absolute atomic E-state index is 2.39. The molecular formula is C38H58. The van der Waals surface area contributed by atoms with Crippen molar-refractivity contribution in [1.29, 1.82) is 0 Å². The number of unbranched alkanes of at least 4 members (excludes halogenated alkanes) is 12. The summed E-state index contributed by atoms with van der Waals surface area (Å²) in [6, 6.07) is 18.7. The minimum Gasteiger partial charge on any atom is -0.0839 e. The lowest BCUT2D eigenvalue weighted by Crippen LogP contribution is -2.06. The third kappa shape index (κ3) is 13.6. The van der Waals surface area contributed by atoms with Crippen LogP contribution < -0.4 is 0 Å². The van der Waals surface area contributed by atoms with Gasteiger partial charge in [-0.05, 0) is 60.3 Å². The molecule has 0 spiro atoms. The second-order valence-corrected chi connectivity index (χ2v) is 11.6. The second-order valence-electron chi connectivity index (χ2n) is 11.6. The number of hydrogen-bond donors (Lipinski definition) is 0. The van der Waals surface area contributed by atoms with Crippen molar-refractivity contribution in [2.75, 3.05) is 0 Å². The molecule has 210 valence electrons. The first-order valence-corrected chi connectivity index (χ1v) is 16.2. The van der Waals surface area contributed by atoms with Gasteiger partial charge < -0.3 is 0 Å². The molecule has 0 amide bonds. The van der Waals surface area contributed by atoms with Gasteiger partial charge in [0.1, 0.15) is 0 Å². The van der Waals surface area contributed by atoms with Crippen LogP contribution >= 0.6 is 0 Å². The molecular weight excluding hydrogens is 456 g/mol. The van der Waals surface area contributed by atoms with Crippen LogP contribution in [0.2, 0.25) is 0 Å². The van der Waals surface area contributed by atoms with E-state index >= 15 is 0 Å². The SMILES string of the molecule is CCCCCCCCC=Cc1ccc(C(CC(C)CC)c2ccc(C=CCCCCCCCC)cc2)cc1. The molecule has 0 aliphatic heterocycles. The van der Waals surface area contributed by atoms with Crippen LogP contribution in [0.15, 0.2) is 60.7 Å². The maximum atomic E-state index is 2.39. The third-order valence-corrected chi connectivity index (χ3v) is 8.08. The van der Waals surface area contributed by atoms with E-state index < -0.39 is 0 Å². The average Bonchev–Trinajstić information content (AvgIpc) is 2.95. The summed E-state index contributed by atoms with van der Waals surface area (Å²) in [5, 5.41) is 0. The zero-order valence-corrected chi connectivity index (χ0v) is 25.4. The molecule has 0 heteroatoms. The third-order valence-electron chi connectivity index (χ3n) is 8.08. The van der Waals surface area contributed by atoms with Crippen LogP contribution in [0.25, 0.3) is 12.2 Å². The van der Waals surface area contributed by atoms with E-state index in [1.807, 2.05) is 0 Å². The molecule has 0 nitrogen and oxygen atoms in total. The first-order valence-electron chi connectivity index (χ1n) is 16.2. The Morgan fingerprint density at radius 2 is 0.921 bits per heavy atom. The van der Waals surface area contributed by atoms with Gasteiger partial charge in [0.25, 0.3) is 0 Å². The molecule has 1 unspecified atom stereocenters. The molecule has 2 aromatic rings. The number of benzene rings is 2. The smallest absolute Gasteiger partial charge is 0.00918 e. The van der Waals surface area contributed by atoms with Crippen molar-refractivity contribution in [3.05, 3.63) is 82.9 Å². The Balaban J connectivity index is 1.91. The van der Waals surface area contributed by atoms with Crippen molar-refractivity contribution >= 4 is 12.2 Å². The molecule has 0 radical (unpaired) electrons. The van der Waals surface area contributed by atoms with E-state index in [0.29, 0.717) is 11.8 Å². The van der Waals surface area contributed by atoms with Gasteiger partial charge in [-0.25, -0.2) is 0 Å². The van der Waals surface area contributed by atoms with Gasteiger partial charge >= 0.3 is 0 Å². The standard InChI is InChI=1S/C38H58/c1-5-8-10-12-14-16-18-20-22-34-24-28-36(29-25-34)38(32-33(4)7-3)37-30-26-35(27-31-37)23-21-19-17-15-13-11-9-6-2/h20-31,33,38H,5-19,32H2,1-4H3. The molecule has 0 saturated heterocycles. The molecule has 2 aromatic carbocycles. The van der Waals surface area contributed by atoms with Crippen LogP contribution in [0.4, 0.5) is 0 Å². The van der Waals surface area contributed by atoms with Gasteiger partial charge in [0.15, 0.2) is 0 Å². The Labute approximate surface area is 237 Å². The summed E-state index contributed by atoms with van der Waals surface area (Å²) in [5.41, 5.74) is 5.55. The highest BCUT2D eigenvalue weighted by atomic mass is 14.2. The number of allylic oxidation sites excluding steroid dienone is 2. The van der Waals surface area contributed by atoms with Crippen LogP contribution in [0, 0.1) is 5.92 Å². The zero-order chi connectivity index (χ0) is 27.3. The topological polar surface area (TPSA) is 0 Å². The number of rotatable bonds is 21. The molecule has 0 N–H and O–H groups in total. The van der Waals surface area contributed by atoms with Crippen molar-refractivity contribution in [3.8, 4) is 0 Å². The van der Waals surface area contributed by atoms with Crippen LogP contribution in [-0.2, 0) is 0 Å². The minimum absolute atomic E-state index is 0.465. The Kier molecular flexibility index (Phi) is 17.6. The molecule has 0 aliphatic carbocycles. The predicted molar refractivity (Wildman–Crippen MR) is 173 cm³/mol. The van der Waals surface area contributed by atoms with Crippen LogP contribution in [0.1, 0.15) is 159 Å². The lowest BCUT2D eigenvalue weighted by molar-refractivity contribution is 0.484. The zero-order valence-electron chi connectivity index (χ0n) is 25.4. The normalized spacial score (nSPS) is 13.5. The first kappa shape index (κ1) is 32.1. The van der Waals surface area contributed by atoms with Crippen molar-refractivity contribution in [3.63, 3.8) is 0 Å². The minimum atomic E-state index is 0.465. The van der Waals surface area contributed by atoms with E-state index in [4.69, 9.17) is 0 Å². The van der Waals surface area contributed by atoms with Gasteiger partial charge in [0.2, 0.25) is 0 Å². The van der Waals surface area contributed by atoms with Crippen molar-refractivity contribution in [2.24, 2.45) is 5.92 Å². The lowest BCUT2D eigenvalue weighted by Gasteiger charge is -2.22. The summed E-state index contributed by atoms with van der Waals surface area (Å²) in [4.78, 5) is 0. The fourth-order valence-corrected chi connectivity index (χ4v) is 5.24. The lowest BCUT2D eigenvalue weighted by atomic mass is 9.83. The summed E-state index contributed by atoms with van der Waals surface area (Å²) < 4.78 is 0. The Bertz CT molecular complexity index is 798. The van der Waals surface area contributed by atoms with E-state index in [-0.39, 0.29) is 0 Å². The Morgan fingerprint density at radius 3 is 1.32 bits per heavy atom. The largest absolute Gasteiger partial charge is 0.0839 e. The fraction of sp³-hybridized carbons (Fsp3) is 0.579. The van der Waals surface area contributed by atoms with Gasteiger partial charge in [-0.1, -0.05) is 171 Å². The molecule has 2 rings (SSSR count). The van der Waals surface area contributed by atoms with E-state index in [0.717, 1.165) is 0 Å². The monoisotopic (exact) mass is 514 g/mol. The van der Waals surface area contributed by atoms with E-state index in [1.54, 1.807) is 0 Å². The average molecular weight is 515 g/mol. The van der Waals surface area contributed by atoms with Crippen LogP contribution in [0.5, 0.6) is 0 Å². The second kappa shape index (κ2) is 20.8. The van der Waals surface area contributed by atoms with E-state index in [2.05, 4.69) is 101 Å². The molecule has 0 fully saturated rings. The number of hydrogen-bond acceptors (Lipinski definition) is 0. The molecule has 0 aromatic heterocycles. The van der Waals surface area contributed by atoms with Gasteiger partial charge in [-0.3, -0.25) is 0 Å². The van der Waals surface area contributed by atoms with Gasteiger partial charge in [0.05, 0.1) is 0 Å². The summed E-state index contributed by atoms with van der Waals surface area (Å²) in [6.07, 6.45) is 30.6. The Morgan fingerprint density at radius 1 is 0.526 bits per heavy atom. The quantitative estimate of drug-likeness (QED) is 0.145. The van der Waals surface area contributed by atoms with Crippen molar-refractivity contribution in [2.45, 2.75) is 136 Å². The molecule has 0 aliphatic rings. The summed E-state index contributed by atoms with van der Waals surface area (Å²) >= 11 is 0. The summed E-state index contributed by atoms with van der Waals surface area (Å²) in [6.45, 7) is 9.28. The van der Waals surface area contributed by atoms with E-state index in [9.17, 15) is 0 Å². The molecule has 0 heterocycles. The molecule has 0 saturated carbocycles. The van der Waals surface area contributed by atoms with Gasteiger partial charge in [-0.15, -0.1) is 0 Å². The van der Waals surface area contributed by atoms with Gasteiger partial charge in [0, 0.05) is 5.92 Å². The highest BCUT2D eigenvalue weighted by Gasteiger charge is 2.17. The van der Waals surface area contributed by atoms with Gasteiger partial charge in [-0.2, -0.15) is 0 Å². The fourth-order valence-electron chi connectivity index (χ4n) is 5.24. The maximum Gasteiger partial charge on any atom is 0.00918 e. The molecule has 1 atom stereocenters. The summed E-state index contributed by atoms with van der Waals surface area (Å²) in [7, 11) is 0. The van der Waals surface area contributed by atoms with E-state index in [1.165, 1.54) is 125 Å². The first-order chi connectivity index (χ1) is 18.7. The highest BCUT2D eigenvalue weighted by Crippen LogP contribution is 2.32. The predicted octanol–water partition coefficient (Wildman–Crippen LogP) is 12.8. The summed E-state index contributed by atoms with van der Waals surface area (Å²) in [5.74, 6) is 1.18. The van der Waals surface area contributed by atoms with Crippen LogP contribution in [-0.4, -0.2) is 0 Å². The molecule has 0 bridgehead atoms. The van der Waals surface area contributed by atoms with Crippen molar-refractivity contribution < 1.29 is 0 Å². The Hall–Kier alpha value is -2.08. The molecule has 38 heavy (non-hydrogen) atoms. The van der Waals surface area contributed by atoms with Crippen LogP contribution in [0.3, 0.4) is 0 Å².